The van der Waals surface area contributed by atoms with Crippen LogP contribution < -0.4 is 5.32 Å². The summed E-state index contributed by atoms with van der Waals surface area (Å²) in [5.41, 5.74) is 3.89. The number of likely N-dealkylation sites (tertiary alicyclic amines) is 1. The summed E-state index contributed by atoms with van der Waals surface area (Å²) >= 11 is 1.55. The molecule has 1 aromatic carbocycles. The lowest BCUT2D eigenvalue weighted by molar-refractivity contribution is -0.114. The van der Waals surface area contributed by atoms with Crippen molar-refractivity contribution in [1.82, 2.24) is 9.88 Å². The second kappa shape index (κ2) is 9.07. The smallest absolute Gasteiger partial charge is 0.223 e. The lowest BCUT2D eigenvalue weighted by atomic mass is 10.00. The minimum atomic E-state index is -0.0805. The summed E-state index contributed by atoms with van der Waals surface area (Å²) in [4.78, 5) is 18.9. The second-order valence-corrected chi connectivity index (χ2v) is 7.72. The molecule has 0 unspecified atom stereocenters. The molecule has 3 rings (SSSR count). The van der Waals surface area contributed by atoms with Gasteiger partial charge in [0.1, 0.15) is 0 Å². The molecule has 0 atom stereocenters. The normalized spacial score (nSPS) is 15.1. The molecule has 0 saturated carbocycles. The summed E-state index contributed by atoms with van der Waals surface area (Å²) < 4.78 is 0. The van der Waals surface area contributed by atoms with Gasteiger partial charge in [-0.1, -0.05) is 35.9 Å². The van der Waals surface area contributed by atoms with E-state index < -0.39 is 0 Å². The lowest BCUT2D eigenvalue weighted by Crippen LogP contribution is -2.29. The number of hydrogen-bond acceptors (Lipinski definition) is 5. The first-order valence-electron chi connectivity index (χ1n) is 8.96. The molecule has 1 fully saturated rings. The first-order valence-corrected chi connectivity index (χ1v) is 9.78. The number of nitrogens with zero attached hydrogens (tertiary/aromatic N) is 2. The molecule has 6 heteroatoms. The number of anilines is 1. The molecule has 2 heterocycles. The third-order valence-corrected chi connectivity index (χ3v) is 5.36. The fourth-order valence-electron chi connectivity index (χ4n) is 3.10. The van der Waals surface area contributed by atoms with Gasteiger partial charge in [0.15, 0.2) is 5.13 Å². The van der Waals surface area contributed by atoms with Crippen LogP contribution in [0.15, 0.2) is 36.0 Å². The van der Waals surface area contributed by atoms with Gasteiger partial charge < -0.3 is 10.4 Å². The quantitative estimate of drug-likeness (QED) is 0.818. The summed E-state index contributed by atoms with van der Waals surface area (Å²) in [6.07, 6.45) is 7.02. The largest absolute Gasteiger partial charge is 0.396 e. The van der Waals surface area contributed by atoms with E-state index in [0.717, 1.165) is 32.5 Å². The minimum absolute atomic E-state index is 0.0805. The topological polar surface area (TPSA) is 65.5 Å². The number of piperidine rings is 1. The summed E-state index contributed by atoms with van der Waals surface area (Å²) in [7, 11) is 0. The molecule has 0 aliphatic carbocycles. The van der Waals surface area contributed by atoms with Crippen molar-refractivity contribution in [3.05, 3.63) is 52.0 Å². The Morgan fingerprint density at radius 1 is 1.31 bits per heavy atom. The first-order chi connectivity index (χ1) is 12.6. The number of carbonyl (C=O) groups is 1. The van der Waals surface area contributed by atoms with Crippen molar-refractivity contribution < 1.29 is 9.90 Å². The molecule has 1 aliphatic heterocycles. The van der Waals surface area contributed by atoms with Gasteiger partial charge in [0.2, 0.25) is 5.91 Å². The molecular weight excluding hydrogens is 346 g/mol. The molecule has 0 radical (unpaired) electrons. The zero-order valence-corrected chi connectivity index (χ0v) is 15.9. The molecule has 0 bridgehead atoms. The Morgan fingerprint density at radius 3 is 2.69 bits per heavy atom. The third kappa shape index (κ3) is 5.49. The van der Waals surface area contributed by atoms with Gasteiger partial charge in [-0.3, -0.25) is 9.69 Å². The number of amides is 1. The molecule has 1 aliphatic rings. The maximum Gasteiger partial charge on any atom is 0.223 e. The minimum Gasteiger partial charge on any atom is -0.396 e. The second-order valence-electron chi connectivity index (χ2n) is 6.61. The standard InChI is InChI=1S/C20H25N3O2S/c1-15(25)22-20-21-13-19(26-20)14-23-9-6-18(7-10-23)12-17-4-2-16(3-5-17)8-11-24/h2-5,12-13,24H,6-11,14H2,1H3,(H,21,22,25). The number of nitrogens with one attached hydrogen (secondary N) is 1. The molecule has 2 aromatic rings. The number of aliphatic hydroxyl groups excluding tert-OH is 1. The monoisotopic (exact) mass is 371 g/mol. The Hall–Kier alpha value is -2.02. The molecule has 1 aromatic heterocycles. The van der Waals surface area contributed by atoms with E-state index in [1.165, 1.54) is 28.5 Å². The van der Waals surface area contributed by atoms with Gasteiger partial charge in [0.05, 0.1) is 0 Å². The molecular formula is C20H25N3O2S. The third-order valence-electron chi connectivity index (χ3n) is 4.47. The van der Waals surface area contributed by atoms with E-state index in [4.69, 9.17) is 5.11 Å². The number of benzene rings is 1. The highest BCUT2D eigenvalue weighted by Crippen LogP contribution is 2.24. The molecule has 0 spiro atoms. The fourth-order valence-corrected chi connectivity index (χ4v) is 4.00. The summed E-state index contributed by atoms with van der Waals surface area (Å²) in [6, 6.07) is 8.44. The highest BCUT2D eigenvalue weighted by Gasteiger charge is 2.15. The fraction of sp³-hybridized carbons (Fsp3) is 0.400. The lowest BCUT2D eigenvalue weighted by Gasteiger charge is -2.27. The van der Waals surface area contributed by atoms with Gasteiger partial charge in [0.25, 0.3) is 0 Å². The molecule has 2 N–H and O–H groups in total. The maximum atomic E-state index is 11.1. The molecule has 138 valence electrons. The van der Waals surface area contributed by atoms with Crippen LogP contribution in [0, 0.1) is 0 Å². The van der Waals surface area contributed by atoms with Gasteiger partial charge in [-0.25, -0.2) is 4.98 Å². The van der Waals surface area contributed by atoms with Crippen molar-refractivity contribution in [3.63, 3.8) is 0 Å². The van der Waals surface area contributed by atoms with Crippen LogP contribution in [-0.2, 0) is 17.8 Å². The summed E-state index contributed by atoms with van der Waals surface area (Å²) in [5, 5.41) is 12.4. The van der Waals surface area contributed by atoms with Crippen molar-refractivity contribution in [2.24, 2.45) is 0 Å². The van der Waals surface area contributed by atoms with Gasteiger partial charge in [-0.2, -0.15) is 0 Å². The van der Waals surface area contributed by atoms with Gasteiger partial charge in [-0.15, -0.1) is 11.3 Å². The maximum absolute atomic E-state index is 11.1. The average Bonchev–Trinajstić information content (AvgIpc) is 3.05. The van der Waals surface area contributed by atoms with E-state index in [-0.39, 0.29) is 12.5 Å². The molecule has 1 amide bonds. The number of hydrogen-bond donors (Lipinski definition) is 2. The van der Waals surface area contributed by atoms with Gasteiger partial charge in [-0.05, 0) is 30.4 Å². The van der Waals surface area contributed by atoms with Crippen LogP contribution in [0.4, 0.5) is 5.13 Å². The Kier molecular flexibility index (Phi) is 6.55. The van der Waals surface area contributed by atoms with Crippen LogP contribution in [0.1, 0.15) is 35.8 Å². The van der Waals surface area contributed by atoms with Crippen molar-refractivity contribution in [2.75, 3.05) is 25.0 Å². The van der Waals surface area contributed by atoms with Gasteiger partial charge in [0, 0.05) is 44.2 Å². The first kappa shape index (κ1) is 18.8. The highest BCUT2D eigenvalue weighted by atomic mass is 32.1. The van der Waals surface area contributed by atoms with E-state index in [9.17, 15) is 4.79 Å². The number of aliphatic hydroxyl groups is 1. The highest BCUT2D eigenvalue weighted by molar-refractivity contribution is 7.15. The van der Waals surface area contributed by atoms with Crippen LogP contribution >= 0.6 is 11.3 Å². The van der Waals surface area contributed by atoms with E-state index >= 15 is 0 Å². The van der Waals surface area contributed by atoms with Crippen LogP contribution in [-0.4, -0.2) is 40.6 Å². The Bertz CT molecular complexity index is 758. The zero-order chi connectivity index (χ0) is 18.4. The zero-order valence-electron chi connectivity index (χ0n) is 15.1. The number of aromatic nitrogens is 1. The predicted octanol–water partition coefficient (Wildman–Crippen LogP) is 3.32. The summed E-state index contributed by atoms with van der Waals surface area (Å²) in [5.74, 6) is -0.0805. The average molecular weight is 372 g/mol. The van der Waals surface area contributed by atoms with Crippen LogP contribution in [0.5, 0.6) is 0 Å². The van der Waals surface area contributed by atoms with E-state index in [0.29, 0.717) is 11.6 Å². The molecule has 26 heavy (non-hydrogen) atoms. The number of thiazole rings is 1. The van der Waals surface area contributed by atoms with Crippen molar-refractivity contribution in [3.8, 4) is 0 Å². The van der Waals surface area contributed by atoms with Crippen LogP contribution in [0.3, 0.4) is 0 Å². The predicted molar refractivity (Wildman–Crippen MR) is 106 cm³/mol. The van der Waals surface area contributed by atoms with Crippen LogP contribution in [0.25, 0.3) is 6.08 Å². The van der Waals surface area contributed by atoms with Crippen molar-refractivity contribution in [1.29, 1.82) is 0 Å². The van der Waals surface area contributed by atoms with E-state index in [1.807, 2.05) is 6.20 Å². The van der Waals surface area contributed by atoms with E-state index in [1.54, 1.807) is 11.3 Å². The SMILES string of the molecule is CC(=O)Nc1ncc(CN2CCC(=Cc3ccc(CCO)cc3)CC2)s1. The molecule has 1 saturated heterocycles. The summed E-state index contributed by atoms with van der Waals surface area (Å²) in [6.45, 7) is 4.67. The Morgan fingerprint density at radius 2 is 2.04 bits per heavy atom. The van der Waals surface area contributed by atoms with Crippen molar-refractivity contribution in [2.45, 2.75) is 32.7 Å². The van der Waals surface area contributed by atoms with Crippen molar-refractivity contribution >= 4 is 28.5 Å². The van der Waals surface area contributed by atoms with Crippen LogP contribution in [0.2, 0.25) is 0 Å². The molecule has 5 nitrogen and oxygen atoms in total. The van der Waals surface area contributed by atoms with E-state index in [2.05, 4.69) is 45.5 Å². The van der Waals surface area contributed by atoms with Gasteiger partial charge >= 0.3 is 0 Å². The number of rotatable bonds is 6. The Labute approximate surface area is 158 Å². The Balaban J connectivity index is 1.50. The number of carbonyl (C=O) groups excluding carboxylic acids is 1.